The van der Waals surface area contributed by atoms with E-state index in [1.54, 1.807) is 32.9 Å². The van der Waals surface area contributed by atoms with Crippen LogP contribution in [-0.4, -0.2) is 43.7 Å². The first-order chi connectivity index (χ1) is 14.3. The van der Waals surface area contributed by atoms with Gasteiger partial charge in [0.25, 0.3) is 0 Å². The van der Waals surface area contributed by atoms with Gasteiger partial charge < -0.3 is 9.47 Å². The number of methoxy groups -OCH3 is 2. The maximum Gasteiger partial charge on any atom is 0.137 e. The van der Waals surface area contributed by atoms with Crippen molar-refractivity contribution in [3.8, 4) is 34.7 Å². The van der Waals surface area contributed by atoms with E-state index in [1.807, 2.05) is 39.6 Å². The van der Waals surface area contributed by atoms with Crippen LogP contribution in [0.1, 0.15) is 22.8 Å². The summed E-state index contributed by atoms with van der Waals surface area (Å²) in [6.45, 7) is 0. The summed E-state index contributed by atoms with van der Waals surface area (Å²) in [6, 6.07) is 9.49. The summed E-state index contributed by atoms with van der Waals surface area (Å²) in [4.78, 5) is 8.83. The Bertz CT molecular complexity index is 1260. The topological polar surface area (TPSA) is 79.9 Å². The van der Waals surface area contributed by atoms with E-state index in [1.165, 1.54) is 0 Å². The molecule has 3 aromatic heterocycles. The van der Waals surface area contributed by atoms with Crippen molar-refractivity contribution in [1.29, 1.82) is 0 Å². The molecule has 0 atom stereocenters. The molecule has 0 spiro atoms. The van der Waals surface area contributed by atoms with E-state index in [0.29, 0.717) is 23.6 Å². The number of pyridine rings is 1. The van der Waals surface area contributed by atoms with E-state index in [4.69, 9.17) is 9.47 Å². The van der Waals surface area contributed by atoms with Crippen molar-refractivity contribution in [2.45, 2.75) is 6.42 Å². The van der Waals surface area contributed by atoms with Gasteiger partial charge in [0.05, 0.1) is 49.4 Å². The lowest BCUT2D eigenvalue weighted by atomic mass is 10.2. The first kappa shape index (κ1) is 17.0. The summed E-state index contributed by atoms with van der Waals surface area (Å²) < 4.78 is 14.4. The summed E-state index contributed by atoms with van der Waals surface area (Å²) in [5.74, 6) is 7.67. The second kappa shape index (κ2) is 6.80. The van der Waals surface area contributed by atoms with Crippen LogP contribution in [0.3, 0.4) is 0 Å². The van der Waals surface area contributed by atoms with Crippen molar-refractivity contribution >= 4 is 0 Å². The SMILES string of the molecule is COc1ccc(C#Cc2ncn3c2Cc2cnnn2-c2cc(OC)ccc2-3)nc1. The molecule has 0 unspecified atom stereocenters. The summed E-state index contributed by atoms with van der Waals surface area (Å²) in [7, 11) is 3.25. The van der Waals surface area contributed by atoms with Crippen LogP contribution in [0.2, 0.25) is 0 Å². The molecule has 1 aliphatic rings. The van der Waals surface area contributed by atoms with Crippen molar-refractivity contribution in [3.63, 3.8) is 0 Å². The van der Waals surface area contributed by atoms with Gasteiger partial charge in [-0.25, -0.2) is 14.6 Å². The predicted molar refractivity (Wildman–Crippen MR) is 105 cm³/mol. The summed E-state index contributed by atoms with van der Waals surface area (Å²) in [6.07, 6.45) is 5.79. The lowest BCUT2D eigenvalue weighted by Crippen LogP contribution is -2.03. The average Bonchev–Trinajstić information content (AvgIpc) is 3.37. The first-order valence-corrected chi connectivity index (χ1v) is 8.93. The molecule has 8 heteroatoms. The fraction of sp³-hybridized carbons (Fsp3) is 0.143. The maximum absolute atomic E-state index is 5.39. The maximum atomic E-state index is 5.39. The number of ether oxygens (including phenoxy) is 2. The van der Waals surface area contributed by atoms with Crippen molar-refractivity contribution in [3.05, 3.63) is 71.8 Å². The minimum Gasteiger partial charge on any atom is -0.497 e. The molecule has 29 heavy (non-hydrogen) atoms. The number of nitrogens with zero attached hydrogens (tertiary/aromatic N) is 6. The third kappa shape index (κ3) is 2.89. The Kier molecular flexibility index (Phi) is 3.99. The molecular formula is C21H16N6O2. The van der Waals surface area contributed by atoms with E-state index in [0.717, 1.165) is 28.5 Å². The monoisotopic (exact) mass is 384 g/mol. The number of hydrogen-bond donors (Lipinski definition) is 0. The highest BCUT2D eigenvalue weighted by molar-refractivity contribution is 5.59. The van der Waals surface area contributed by atoms with E-state index >= 15 is 0 Å². The number of fused-ring (bicyclic) bond motifs is 5. The number of hydrogen-bond acceptors (Lipinski definition) is 6. The number of imidazole rings is 1. The normalized spacial score (nSPS) is 11.4. The van der Waals surface area contributed by atoms with E-state index in [-0.39, 0.29) is 0 Å². The molecule has 1 aliphatic heterocycles. The Balaban J connectivity index is 1.61. The van der Waals surface area contributed by atoms with E-state index < -0.39 is 0 Å². The van der Waals surface area contributed by atoms with Crippen molar-refractivity contribution in [1.82, 2.24) is 29.5 Å². The Hall–Kier alpha value is -4.12. The molecule has 1 aromatic carbocycles. The molecule has 0 amide bonds. The van der Waals surface area contributed by atoms with Crippen LogP contribution in [0.5, 0.6) is 11.5 Å². The summed E-state index contributed by atoms with van der Waals surface area (Å²) in [5.41, 5.74) is 5.08. The van der Waals surface area contributed by atoms with Crippen LogP contribution in [0.4, 0.5) is 0 Å². The molecule has 0 bridgehead atoms. The minimum atomic E-state index is 0.601. The molecule has 0 saturated heterocycles. The summed E-state index contributed by atoms with van der Waals surface area (Å²) in [5, 5.41) is 8.34. The molecule has 4 heterocycles. The smallest absolute Gasteiger partial charge is 0.137 e. The standard InChI is InChI=1S/C21H16N6O2/c1-28-16-6-8-19-21(10-16)27-15(11-24-25-27)9-20-18(23-13-26(19)20)7-4-14-3-5-17(29-2)12-22-14/h3,5-6,8,10-13H,9H2,1-2H3. The van der Waals surface area contributed by atoms with E-state index in [2.05, 4.69) is 32.1 Å². The molecule has 5 rings (SSSR count). The van der Waals surface area contributed by atoms with Crippen LogP contribution < -0.4 is 9.47 Å². The van der Waals surface area contributed by atoms with Gasteiger partial charge in [0, 0.05) is 12.5 Å². The lowest BCUT2D eigenvalue weighted by Gasteiger charge is -2.11. The summed E-state index contributed by atoms with van der Waals surface area (Å²) >= 11 is 0. The lowest BCUT2D eigenvalue weighted by molar-refractivity contribution is 0.413. The Morgan fingerprint density at radius 1 is 0.931 bits per heavy atom. The van der Waals surface area contributed by atoms with Gasteiger partial charge in [-0.15, -0.1) is 5.10 Å². The quantitative estimate of drug-likeness (QED) is 0.434. The molecule has 0 radical (unpaired) electrons. The second-order valence-electron chi connectivity index (χ2n) is 6.41. The number of aromatic nitrogens is 6. The Morgan fingerprint density at radius 3 is 2.59 bits per heavy atom. The Labute approximate surface area is 166 Å². The van der Waals surface area contributed by atoms with Crippen molar-refractivity contribution in [2.24, 2.45) is 0 Å². The third-order valence-electron chi connectivity index (χ3n) is 4.79. The average molecular weight is 384 g/mol. The Morgan fingerprint density at radius 2 is 1.79 bits per heavy atom. The highest BCUT2D eigenvalue weighted by Crippen LogP contribution is 2.31. The largest absolute Gasteiger partial charge is 0.497 e. The minimum absolute atomic E-state index is 0.601. The molecule has 142 valence electrons. The number of rotatable bonds is 2. The van der Waals surface area contributed by atoms with Crippen molar-refractivity contribution in [2.75, 3.05) is 14.2 Å². The zero-order chi connectivity index (χ0) is 19.8. The molecule has 0 N–H and O–H groups in total. The van der Waals surface area contributed by atoms with Gasteiger partial charge in [-0.3, -0.25) is 4.57 Å². The fourth-order valence-corrected chi connectivity index (χ4v) is 3.31. The third-order valence-corrected chi connectivity index (χ3v) is 4.79. The first-order valence-electron chi connectivity index (χ1n) is 8.93. The van der Waals surface area contributed by atoms with Gasteiger partial charge >= 0.3 is 0 Å². The predicted octanol–water partition coefficient (Wildman–Crippen LogP) is 2.17. The van der Waals surface area contributed by atoms with E-state index in [9.17, 15) is 0 Å². The molecular weight excluding hydrogens is 368 g/mol. The van der Waals surface area contributed by atoms with Gasteiger partial charge in [0.2, 0.25) is 0 Å². The molecule has 0 aliphatic carbocycles. The van der Waals surface area contributed by atoms with Gasteiger partial charge in [-0.1, -0.05) is 5.21 Å². The fourth-order valence-electron chi connectivity index (χ4n) is 3.31. The molecule has 0 fully saturated rings. The number of benzene rings is 1. The second-order valence-corrected chi connectivity index (χ2v) is 6.41. The highest BCUT2D eigenvalue weighted by atomic mass is 16.5. The molecule has 0 saturated carbocycles. The van der Waals surface area contributed by atoms with Crippen LogP contribution in [0.15, 0.2) is 49.1 Å². The van der Waals surface area contributed by atoms with Crippen LogP contribution in [0, 0.1) is 11.8 Å². The van der Waals surface area contributed by atoms with Crippen LogP contribution >= 0.6 is 0 Å². The zero-order valence-corrected chi connectivity index (χ0v) is 15.8. The van der Waals surface area contributed by atoms with Gasteiger partial charge in [0.15, 0.2) is 0 Å². The van der Waals surface area contributed by atoms with Gasteiger partial charge in [-0.2, -0.15) is 0 Å². The molecule has 8 nitrogen and oxygen atoms in total. The van der Waals surface area contributed by atoms with Gasteiger partial charge in [-0.05, 0) is 36.1 Å². The van der Waals surface area contributed by atoms with Gasteiger partial charge in [0.1, 0.15) is 29.2 Å². The molecule has 4 aromatic rings. The van der Waals surface area contributed by atoms with Crippen LogP contribution in [0.25, 0.3) is 11.4 Å². The van der Waals surface area contributed by atoms with Crippen molar-refractivity contribution < 1.29 is 9.47 Å². The zero-order valence-electron chi connectivity index (χ0n) is 15.8. The van der Waals surface area contributed by atoms with Crippen LogP contribution in [-0.2, 0) is 6.42 Å². The highest BCUT2D eigenvalue weighted by Gasteiger charge is 2.23.